The lowest BCUT2D eigenvalue weighted by Gasteiger charge is -2.05. The van der Waals surface area contributed by atoms with Crippen LogP contribution in [0, 0.1) is 11.3 Å². The van der Waals surface area contributed by atoms with Gasteiger partial charge in [-0.1, -0.05) is 11.6 Å². The van der Waals surface area contributed by atoms with Gasteiger partial charge < -0.3 is 21.1 Å². The third-order valence-corrected chi connectivity index (χ3v) is 2.67. The van der Waals surface area contributed by atoms with Gasteiger partial charge in [0, 0.05) is 25.5 Å². The van der Waals surface area contributed by atoms with E-state index in [4.69, 9.17) is 27.3 Å². The van der Waals surface area contributed by atoms with Crippen molar-refractivity contribution in [2.45, 2.75) is 0 Å². The molecule has 6 nitrogen and oxygen atoms in total. The SMILES string of the molecule is COCCNC(=O)/C(C#N)=C\Nc1ccc(N)c(Cl)c1. The van der Waals surface area contributed by atoms with Gasteiger partial charge in [0.1, 0.15) is 11.6 Å². The first-order valence-electron chi connectivity index (χ1n) is 5.77. The van der Waals surface area contributed by atoms with E-state index >= 15 is 0 Å². The van der Waals surface area contributed by atoms with Crippen molar-refractivity contribution in [1.82, 2.24) is 5.32 Å². The number of ether oxygens (including phenoxy) is 1. The zero-order valence-corrected chi connectivity index (χ0v) is 11.7. The average molecular weight is 295 g/mol. The first-order chi connectivity index (χ1) is 9.58. The summed E-state index contributed by atoms with van der Waals surface area (Å²) in [7, 11) is 1.53. The summed E-state index contributed by atoms with van der Waals surface area (Å²) < 4.78 is 4.80. The Balaban J connectivity index is 2.67. The Morgan fingerprint density at radius 2 is 2.35 bits per heavy atom. The summed E-state index contributed by atoms with van der Waals surface area (Å²) in [6, 6.07) is 6.73. The number of nitrogens with two attached hydrogens (primary N) is 1. The highest BCUT2D eigenvalue weighted by Gasteiger charge is 2.07. The lowest BCUT2D eigenvalue weighted by molar-refractivity contribution is -0.117. The zero-order chi connectivity index (χ0) is 15.0. The highest BCUT2D eigenvalue weighted by atomic mass is 35.5. The van der Waals surface area contributed by atoms with E-state index in [2.05, 4.69) is 10.6 Å². The molecule has 1 rings (SSSR count). The standard InChI is InChI=1S/C13H15ClN4O2/c1-20-5-4-17-13(19)9(7-15)8-18-10-2-3-12(16)11(14)6-10/h2-3,6,8,18H,4-5,16H2,1H3,(H,17,19)/b9-8-. The van der Waals surface area contributed by atoms with E-state index in [1.54, 1.807) is 18.2 Å². The molecule has 7 heteroatoms. The molecular formula is C13H15ClN4O2. The highest BCUT2D eigenvalue weighted by molar-refractivity contribution is 6.33. The number of benzene rings is 1. The van der Waals surface area contributed by atoms with E-state index in [1.807, 2.05) is 6.07 Å². The molecule has 1 amide bonds. The van der Waals surface area contributed by atoms with Gasteiger partial charge in [-0.2, -0.15) is 5.26 Å². The van der Waals surface area contributed by atoms with Crippen LogP contribution in [0.5, 0.6) is 0 Å². The molecule has 20 heavy (non-hydrogen) atoms. The lowest BCUT2D eigenvalue weighted by Crippen LogP contribution is -2.28. The predicted molar refractivity (Wildman–Crippen MR) is 78.1 cm³/mol. The Labute approximate surface area is 122 Å². The maximum Gasteiger partial charge on any atom is 0.263 e. The number of amides is 1. The molecule has 0 saturated heterocycles. The highest BCUT2D eigenvalue weighted by Crippen LogP contribution is 2.22. The number of rotatable bonds is 6. The van der Waals surface area contributed by atoms with Crippen molar-refractivity contribution in [3.8, 4) is 6.07 Å². The Hall–Kier alpha value is -2.23. The fourth-order valence-electron chi connectivity index (χ4n) is 1.28. The Kier molecular flexibility index (Phi) is 6.37. The molecule has 0 atom stereocenters. The van der Waals surface area contributed by atoms with Crippen molar-refractivity contribution in [3.05, 3.63) is 35.0 Å². The first-order valence-corrected chi connectivity index (χ1v) is 6.15. The lowest BCUT2D eigenvalue weighted by atomic mass is 10.2. The fraction of sp³-hybridized carbons (Fsp3) is 0.231. The van der Waals surface area contributed by atoms with Crippen molar-refractivity contribution >= 4 is 28.9 Å². The van der Waals surface area contributed by atoms with Crippen LogP contribution >= 0.6 is 11.6 Å². The molecule has 0 aliphatic heterocycles. The zero-order valence-electron chi connectivity index (χ0n) is 10.9. The van der Waals surface area contributed by atoms with Crippen LogP contribution < -0.4 is 16.4 Å². The van der Waals surface area contributed by atoms with Gasteiger partial charge >= 0.3 is 0 Å². The van der Waals surface area contributed by atoms with Gasteiger partial charge in [-0.15, -0.1) is 0 Å². The molecule has 4 N–H and O–H groups in total. The smallest absolute Gasteiger partial charge is 0.263 e. The summed E-state index contributed by atoms with van der Waals surface area (Å²) in [4.78, 5) is 11.6. The van der Waals surface area contributed by atoms with Crippen LogP contribution in [0.25, 0.3) is 0 Å². The number of methoxy groups -OCH3 is 1. The molecule has 0 bridgehead atoms. The molecule has 0 heterocycles. The minimum atomic E-state index is -0.474. The van der Waals surface area contributed by atoms with E-state index in [0.29, 0.717) is 29.5 Å². The number of nitriles is 1. The van der Waals surface area contributed by atoms with Gasteiger partial charge in [-0.25, -0.2) is 0 Å². The molecule has 0 aliphatic rings. The minimum Gasteiger partial charge on any atom is -0.398 e. The van der Waals surface area contributed by atoms with Gasteiger partial charge in [0.25, 0.3) is 5.91 Å². The van der Waals surface area contributed by atoms with Crippen LogP contribution in [0.1, 0.15) is 0 Å². The number of carbonyl (C=O) groups excluding carboxylic acids is 1. The molecule has 0 unspecified atom stereocenters. The van der Waals surface area contributed by atoms with Crippen LogP contribution in [-0.4, -0.2) is 26.2 Å². The van der Waals surface area contributed by atoms with E-state index < -0.39 is 5.91 Å². The quantitative estimate of drug-likeness (QED) is 0.319. The van der Waals surface area contributed by atoms with Crippen molar-refractivity contribution in [1.29, 1.82) is 5.26 Å². The molecule has 0 aromatic heterocycles. The number of nitrogens with zero attached hydrogens (tertiary/aromatic N) is 1. The summed E-state index contributed by atoms with van der Waals surface area (Å²) in [5.74, 6) is -0.474. The minimum absolute atomic E-state index is 0.0472. The normalized spacial score (nSPS) is 10.8. The summed E-state index contributed by atoms with van der Waals surface area (Å²) >= 11 is 5.87. The second-order valence-electron chi connectivity index (χ2n) is 3.80. The molecule has 0 radical (unpaired) electrons. The molecular weight excluding hydrogens is 280 g/mol. The monoisotopic (exact) mass is 294 g/mol. The van der Waals surface area contributed by atoms with Crippen molar-refractivity contribution < 1.29 is 9.53 Å². The number of hydrogen-bond donors (Lipinski definition) is 3. The van der Waals surface area contributed by atoms with Gasteiger partial charge in [0.2, 0.25) is 0 Å². The van der Waals surface area contributed by atoms with E-state index in [0.717, 1.165) is 0 Å². The van der Waals surface area contributed by atoms with Crippen LogP contribution in [0.2, 0.25) is 5.02 Å². The van der Waals surface area contributed by atoms with Gasteiger partial charge in [0.05, 0.1) is 17.3 Å². The summed E-state index contributed by atoms with van der Waals surface area (Å²) in [6.07, 6.45) is 1.31. The fourth-order valence-corrected chi connectivity index (χ4v) is 1.46. The number of nitrogen functional groups attached to an aromatic ring is 1. The largest absolute Gasteiger partial charge is 0.398 e. The van der Waals surface area contributed by atoms with Crippen molar-refractivity contribution in [2.24, 2.45) is 0 Å². The van der Waals surface area contributed by atoms with Crippen LogP contribution in [0.3, 0.4) is 0 Å². The number of anilines is 2. The van der Waals surface area contributed by atoms with Crippen LogP contribution in [0.15, 0.2) is 30.0 Å². The van der Waals surface area contributed by atoms with E-state index in [9.17, 15) is 4.79 Å². The average Bonchev–Trinajstić information content (AvgIpc) is 2.43. The molecule has 1 aromatic rings. The first kappa shape index (κ1) is 15.8. The number of hydrogen-bond acceptors (Lipinski definition) is 5. The predicted octanol–water partition coefficient (Wildman–Crippen LogP) is 1.50. The molecule has 0 saturated carbocycles. The molecule has 0 spiro atoms. The Morgan fingerprint density at radius 3 is 2.95 bits per heavy atom. The number of halogens is 1. The maximum absolute atomic E-state index is 11.6. The topological polar surface area (TPSA) is 100 Å². The molecule has 106 valence electrons. The third kappa shape index (κ3) is 4.80. The summed E-state index contributed by atoms with van der Waals surface area (Å²) in [5, 5.41) is 14.7. The van der Waals surface area contributed by atoms with Crippen molar-refractivity contribution in [3.63, 3.8) is 0 Å². The van der Waals surface area contributed by atoms with E-state index in [-0.39, 0.29) is 5.57 Å². The Morgan fingerprint density at radius 1 is 1.60 bits per heavy atom. The maximum atomic E-state index is 11.6. The molecule has 1 aromatic carbocycles. The second-order valence-corrected chi connectivity index (χ2v) is 4.21. The van der Waals surface area contributed by atoms with Gasteiger partial charge in [0.15, 0.2) is 0 Å². The van der Waals surface area contributed by atoms with E-state index in [1.165, 1.54) is 13.3 Å². The summed E-state index contributed by atoms with van der Waals surface area (Å²) in [6.45, 7) is 0.716. The van der Waals surface area contributed by atoms with Crippen molar-refractivity contribution in [2.75, 3.05) is 31.3 Å². The van der Waals surface area contributed by atoms with Gasteiger partial charge in [-0.3, -0.25) is 4.79 Å². The number of carbonyl (C=O) groups is 1. The molecule has 0 fully saturated rings. The Bertz CT molecular complexity index is 552. The van der Waals surface area contributed by atoms with Crippen LogP contribution in [0.4, 0.5) is 11.4 Å². The van der Waals surface area contributed by atoms with Crippen LogP contribution in [-0.2, 0) is 9.53 Å². The van der Waals surface area contributed by atoms with Gasteiger partial charge in [-0.05, 0) is 18.2 Å². The summed E-state index contributed by atoms with van der Waals surface area (Å²) in [5.41, 5.74) is 6.62. The molecule has 0 aliphatic carbocycles. The second kappa shape index (κ2) is 8.04. The number of nitrogens with one attached hydrogen (secondary N) is 2. The third-order valence-electron chi connectivity index (χ3n) is 2.34.